The van der Waals surface area contributed by atoms with Crippen LogP contribution in [0.1, 0.15) is 25.1 Å². The van der Waals surface area contributed by atoms with Gasteiger partial charge in [0, 0.05) is 57.7 Å². The highest BCUT2D eigenvalue weighted by molar-refractivity contribution is 5.78. The molecule has 4 heterocycles. The van der Waals surface area contributed by atoms with Crippen LogP contribution in [0.25, 0.3) is 5.82 Å². The predicted octanol–water partition coefficient (Wildman–Crippen LogP) is 1.11. The first-order valence-electron chi connectivity index (χ1n) is 9.80. The van der Waals surface area contributed by atoms with Crippen molar-refractivity contribution < 1.29 is 4.79 Å². The van der Waals surface area contributed by atoms with Crippen LogP contribution in [-0.4, -0.2) is 81.3 Å². The van der Waals surface area contributed by atoms with Crippen molar-refractivity contribution in [2.24, 2.45) is 0 Å². The predicted molar refractivity (Wildman–Crippen MR) is 103 cm³/mol. The molecule has 2 aliphatic rings. The van der Waals surface area contributed by atoms with E-state index in [1.54, 1.807) is 10.9 Å². The first-order chi connectivity index (χ1) is 13.2. The normalized spacial score (nSPS) is 18.7. The van der Waals surface area contributed by atoms with Gasteiger partial charge < -0.3 is 9.80 Å². The Hall–Kier alpha value is -2.48. The average Bonchev–Trinajstić information content (AvgIpc) is 3.24. The first-order valence-corrected chi connectivity index (χ1v) is 9.80. The molecule has 0 spiro atoms. The average molecular weight is 369 g/mol. The van der Waals surface area contributed by atoms with Gasteiger partial charge in [0.2, 0.25) is 5.91 Å². The summed E-state index contributed by atoms with van der Waals surface area (Å²) in [5.74, 6) is 2.72. The molecule has 0 unspecified atom stereocenters. The zero-order valence-electron chi connectivity index (χ0n) is 15.9. The van der Waals surface area contributed by atoms with Crippen molar-refractivity contribution in [2.75, 3.05) is 50.7 Å². The van der Waals surface area contributed by atoms with E-state index >= 15 is 0 Å². The van der Waals surface area contributed by atoms with E-state index in [0.29, 0.717) is 6.54 Å². The van der Waals surface area contributed by atoms with Gasteiger partial charge in [-0.3, -0.25) is 9.69 Å². The second kappa shape index (κ2) is 8.04. The molecule has 0 saturated carbocycles. The molecule has 27 heavy (non-hydrogen) atoms. The van der Waals surface area contributed by atoms with Crippen molar-refractivity contribution in [3.8, 4) is 5.82 Å². The minimum Gasteiger partial charge on any atom is -0.354 e. The molecule has 8 heteroatoms. The van der Waals surface area contributed by atoms with Crippen molar-refractivity contribution in [1.29, 1.82) is 0 Å². The maximum absolute atomic E-state index is 12.5. The number of carbonyl (C=O) groups excluding carboxylic acids is 1. The van der Waals surface area contributed by atoms with Gasteiger partial charge in [-0.15, -0.1) is 0 Å². The fraction of sp³-hybridized carbons (Fsp3) is 0.579. The summed E-state index contributed by atoms with van der Waals surface area (Å²) in [5, 5.41) is 4.26. The maximum atomic E-state index is 12.5. The minimum atomic E-state index is 0.280. The number of amides is 1. The minimum absolute atomic E-state index is 0.280. The van der Waals surface area contributed by atoms with E-state index < -0.39 is 0 Å². The second-order valence-corrected chi connectivity index (χ2v) is 7.29. The van der Waals surface area contributed by atoms with Crippen molar-refractivity contribution >= 4 is 11.7 Å². The van der Waals surface area contributed by atoms with E-state index in [2.05, 4.69) is 24.9 Å². The molecular weight excluding hydrogens is 342 g/mol. The standard InChI is InChI=1S/C19H27N7O/c1-16-21-17(14-18(22-16)26-9-5-6-20-26)24-12-10-23(11-13-24)15-19(27)25-7-3-2-4-8-25/h5-6,9,14H,2-4,7-8,10-13,15H2,1H3. The highest BCUT2D eigenvalue weighted by Gasteiger charge is 2.23. The summed E-state index contributed by atoms with van der Waals surface area (Å²) in [6.45, 7) is 7.77. The maximum Gasteiger partial charge on any atom is 0.236 e. The van der Waals surface area contributed by atoms with Gasteiger partial charge in [-0.05, 0) is 32.3 Å². The third-order valence-electron chi connectivity index (χ3n) is 5.31. The number of hydrogen-bond donors (Lipinski definition) is 0. The van der Waals surface area contributed by atoms with Crippen molar-refractivity contribution in [1.82, 2.24) is 29.5 Å². The molecule has 4 rings (SSSR count). The fourth-order valence-electron chi connectivity index (χ4n) is 3.79. The summed E-state index contributed by atoms with van der Waals surface area (Å²) >= 11 is 0. The Morgan fingerprint density at radius 2 is 1.74 bits per heavy atom. The third-order valence-corrected chi connectivity index (χ3v) is 5.31. The Morgan fingerprint density at radius 1 is 1.00 bits per heavy atom. The number of piperazine rings is 1. The molecule has 0 aromatic carbocycles. The number of hydrogen-bond acceptors (Lipinski definition) is 6. The Kier molecular flexibility index (Phi) is 5.33. The molecule has 0 N–H and O–H groups in total. The number of piperidine rings is 1. The molecule has 2 fully saturated rings. The summed E-state index contributed by atoms with van der Waals surface area (Å²) in [5.41, 5.74) is 0. The van der Waals surface area contributed by atoms with Gasteiger partial charge in [-0.2, -0.15) is 5.10 Å². The number of aromatic nitrogens is 4. The lowest BCUT2D eigenvalue weighted by molar-refractivity contribution is -0.133. The Labute approximate surface area is 159 Å². The summed E-state index contributed by atoms with van der Waals surface area (Å²) < 4.78 is 1.76. The first kappa shape index (κ1) is 17.9. The number of rotatable bonds is 4. The molecule has 8 nitrogen and oxygen atoms in total. The van der Waals surface area contributed by atoms with Crippen LogP contribution in [0.2, 0.25) is 0 Å². The van der Waals surface area contributed by atoms with Crippen LogP contribution >= 0.6 is 0 Å². The van der Waals surface area contributed by atoms with Crippen LogP contribution in [0, 0.1) is 6.92 Å². The topological polar surface area (TPSA) is 70.4 Å². The van der Waals surface area contributed by atoms with Crippen LogP contribution in [0.3, 0.4) is 0 Å². The monoisotopic (exact) mass is 369 g/mol. The third kappa shape index (κ3) is 4.27. The van der Waals surface area contributed by atoms with Crippen molar-refractivity contribution in [2.45, 2.75) is 26.2 Å². The summed E-state index contributed by atoms with van der Waals surface area (Å²) in [6.07, 6.45) is 7.17. The summed E-state index contributed by atoms with van der Waals surface area (Å²) in [4.78, 5) is 28.1. The van der Waals surface area contributed by atoms with E-state index in [1.165, 1.54) is 6.42 Å². The van der Waals surface area contributed by atoms with Gasteiger partial charge >= 0.3 is 0 Å². The number of carbonyl (C=O) groups is 1. The molecular formula is C19H27N7O. The van der Waals surface area contributed by atoms with E-state index in [0.717, 1.165) is 69.6 Å². The number of nitrogens with zero attached hydrogens (tertiary/aromatic N) is 7. The van der Waals surface area contributed by atoms with Gasteiger partial charge in [0.05, 0.1) is 6.54 Å². The van der Waals surface area contributed by atoms with E-state index in [-0.39, 0.29) is 5.91 Å². The van der Waals surface area contributed by atoms with E-state index in [1.807, 2.05) is 30.2 Å². The van der Waals surface area contributed by atoms with Gasteiger partial charge in [0.1, 0.15) is 11.6 Å². The summed E-state index contributed by atoms with van der Waals surface area (Å²) in [6, 6.07) is 3.86. The van der Waals surface area contributed by atoms with E-state index in [9.17, 15) is 4.79 Å². The number of anilines is 1. The van der Waals surface area contributed by atoms with Crippen LogP contribution in [-0.2, 0) is 4.79 Å². The van der Waals surface area contributed by atoms with Crippen LogP contribution in [0.4, 0.5) is 5.82 Å². The lowest BCUT2D eigenvalue weighted by atomic mass is 10.1. The van der Waals surface area contributed by atoms with Crippen LogP contribution in [0.5, 0.6) is 0 Å². The smallest absolute Gasteiger partial charge is 0.236 e. The highest BCUT2D eigenvalue weighted by atomic mass is 16.2. The Morgan fingerprint density at radius 3 is 2.44 bits per heavy atom. The Balaban J connectivity index is 1.36. The largest absolute Gasteiger partial charge is 0.354 e. The van der Waals surface area contributed by atoms with Crippen molar-refractivity contribution in [3.63, 3.8) is 0 Å². The molecule has 2 aromatic heterocycles. The lowest BCUT2D eigenvalue weighted by Crippen LogP contribution is -2.51. The van der Waals surface area contributed by atoms with Crippen LogP contribution in [0.15, 0.2) is 24.5 Å². The van der Waals surface area contributed by atoms with Crippen molar-refractivity contribution in [3.05, 3.63) is 30.4 Å². The van der Waals surface area contributed by atoms with E-state index in [4.69, 9.17) is 0 Å². The number of likely N-dealkylation sites (tertiary alicyclic amines) is 1. The summed E-state index contributed by atoms with van der Waals surface area (Å²) in [7, 11) is 0. The molecule has 2 saturated heterocycles. The molecule has 1 amide bonds. The SMILES string of the molecule is Cc1nc(N2CCN(CC(=O)N3CCCCC3)CC2)cc(-n2cccn2)n1. The Bertz CT molecular complexity index is 762. The fourth-order valence-corrected chi connectivity index (χ4v) is 3.79. The second-order valence-electron chi connectivity index (χ2n) is 7.29. The van der Waals surface area contributed by atoms with Gasteiger partial charge in [-0.25, -0.2) is 14.6 Å². The molecule has 2 aromatic rings. The zero-order chi connectivity index (χ0) is 18.6. The van der Waals surface area contributed by atoms with Gasteiger partial charge in [0.15, 0.2) is 5.82 Å². The van der Waals surface area contributed by atoms with Gasteiger partial charge in [-0.1, -0.05) is 0 Å². The molecule has 0 radical (unpaired) electrons. The quantitative estimate of drug-likeness (QED) is 0.804. The molecule has 0 bridgehead atoms. The molecule has 0 aliphatic carbocycles. The highest BCUT2D eigenvalue weighted by Crippen LogP contribution is 2.17. The number of aryl methyl sites for hydroxylation is 1. The zero-order valence-corrected chi connectivity index (χ0v) is 15.9. The van der Waals surface area contributed by atoms with Crippen LogP contribution < -0.4 is 4.90 Å². The molecule has 144 valence electrons. The van der Waals surface area contributed by atoms with Gasteiger partial charge in [0.25, 0.3) is 0 Å². The lowest BCUT2D eigenvalue weighted by Gasteiger charge is -2.36. The molecule has 2 aliphatic heterocycles. The molecule has 0 atom stereocenters.